The van der Waals surface area contributed by atoms with Crippen molar-refractivity contribution >= 4 is 29.9 Å². The number of rotatable bonds is 2. The Balaban J connectivity index is 0.00000289. The number of hydrogen-bond acceptors (Lipinski definition) is 2. The van der Waals surface area contributed by atoms with E-state index < -0.39 is 0 Å². The first-order valence-electron chi connectivity index (χ1n) is 5.72. The summed E-state index contributed by atoms with van der Waals surface area (Å²) in [6, 6.07) is 0. The molecule has 1 aromatic heterocycles. The molecule has 0 amide bonds. The molecule has 0 spiro atoms. The van der Waals surface area contributed by atoms with Crippen LogP contribution >= 0.6 is 24.0 Å². The number of nitrogens with zero attached hydrogens (tertiary/aromatic N) is 5. The van der Waals surface area contributed by atoms with E-state index in [-0.39, 0.29) is 24.0 Å². The Bertz CT molecular complexity index is 410. The van der Waals surface area contributed by atoms with Gasteiger partial charge in [-0.3, -0.25) is 4.68 Å². The Labute approximate surface area is 127 Å². The van der Waals surface area contributed by atoms with E-state index >= 15 is 0 Å². The Morgan fingerprint density at radius 2 is 1.67 bits per heavy atom. The molecule has 0 N–H and O–H groups in total. The Morgan fingerprint density at radius 3 is 2.00 bits per heavy atom. The fourth-order valence-corrected chi connectivity index (χ4v) is 1.88. The second kappa shape index (κ2) is 6.96. The third-order valence-corrected chi connectivity index (χ3v) is 2.84. The fraction of sp³-hybridized carbons (Fsp3) is 0.667. The second-order valence-corrected chi connectivity index (χ2v) is 4.68. The molecule has 0 saturated heterocycles. The molecule has 1 aromatic rings. The van der Waals surface area contributed by atoms with Crippen molar-refractivity contribution < 1.29 is 0 Å². The molecule has 0 fully saturated rings. The van der Waals surface area contributed by atoms with Crippen LogP contribution in [-0.4, -0.2) is 53.7 Å². The molecule has 0 unspecified atom stereocenters. The first-order chi connectivity index (χ1) is 7.84. The van der Waals surface area contributed by atoms with Crippen LogP contribution in [0.25, 0.3) is 0 Å². The minimum Gasteiger partial charge on any atom is -0.349 e. The monoisotopic (exact) mass is 365 g/mol. The van der Waals surface area contributed by atoms with Gasteiger partial charge in [0.25, 0.3) is 0 Å². The molecule has 0 aliphatic rings. The van der Waals surface area contributed by atoms with E-state index in [0.717, 1.165) is 11.7 Å². The lowest BCUT2D eigenvalue weighted by atomic mass is 10.2. The standard InChI is InChI=1S/C12H23N5.HI/c1-9-11(10(2)17(7)14-9)8-13-12(15(3)4)16(5)6;/h8H2,1-7H3;1H. The zero-order chi connectivity index (χ0) is 13.2. The number of halogens is 1. The van der Waals surface area contributed by atoms with Crippen LogP contribution in [-0.2, 0) is 13.6 Å². The summed E-state index contributed by atoms with van der Waals surface area (Å²) in [4.78, 5) is 8.67. The van der Waals surface area contributed by atoms with E-state index in [1.165, 1.54) is 11.3 Å². The molecular weight excluding hydrogens is 341 g/mol. The van der Waals surface area contributed by atoms with Crippen molar-refractivity contribution in [3.05, 3.63) is 17.0 Å². The number of guanidine groups is 1. The lowest BCUT2D eigenvalue weighted by Crippen LogP contribution is -2.35. The van der Waals surface area contributed by atoms with Crippen LogP contribution in [0, 0.1) is 13.8 Å². The van der Waals surface area contributed by atoms with Crippen LogP contribution in [0.4, 0.5) is 0 Å². The average Bonchev–Trinajstić information content (AvgIpc) is 2.43. The Hall–Kier alpha value is -0.790. The fourth-order valence-electron chi connectivity index (χ4n) is 1.88. The quantitative estimate of drug-likeness (QED) is 0.454. The first-order valence-corrected chi connectivity index (χ1v) is 5.72. The highest BCUT2D eigenvalue weighted by molar-refractivity contribution is 14.0. The van der Waals surface area contributed by atoms with E-state index in [1.54, 1.807) is 0 Å². The van der Waals surface area contributed by atoms with Crippen molar-refractivity contribution in [1.29, 1.82) is 0 Å². The molecule has 5 nitrogen and oxygen atoms in total. The van der Waals surface area contributed by atoms with Gasteiger partial charge in [0.05, 0.1) is 12.2 Å². The predicted octanol–water partition coefficient (Wildman–Crippen LogP) is 1.63. The molecule has 104 valence electrons. The third kappa shape index (κ3) is 3.86. The van der Waals surface area contributed by atoms with Crippen molar-refractivity contribution in [1.82, 2.24) is 19.6 Å². The molecule has 0 aliphatic heterocycles. The van der Waals surface area contributed by atoms with E-state index in [2.05, 4.69) is 17.0 Å². The van der Waals surface area contributed by atoms with Crippen LogP contribution in [0.3, 0.4) is 0 Å². The summed E-state index contributed by atoms with van der Waals surface area (Å²) in [6.07, 6.45) is 0. The second-order valence-electron chi connectivity index (χ2n) is 4.68. The van der Waals surface area contributed by atoms with Crippen molar-refractivity contribution in [3.8, 4) is 0 Å². The Morgan fingerprint density at radius 1 is 1.17 bits per heavy atom. The summed E-state index contributed by atoms with van der Waals surface area (Å²) in [6.45, 7) is 4.79. The molecule has 0 saturated carbocycles. The van der Waals surface area contributed by atoms with E-state index in [4.69, 9.17) is 0 Å². The molecule has 0 atom stereocenters. The zero-order valence-electron chi connectivity index (χ0n) is 12.4. The molecular formula is C12H24IN5. The van der Waals surface area contributed by atoms with Gasteiger partial charge in [0.2, 0.25) is 0 Å². The minimum atomic E-state index is 0. The topological polar surface area (TPSA) is 36.7 Å². The maximum atomic E-state index is 4.64. The zero-order valence-corrected chi connectivity index (χ0v) is 14.7. The summed E-state index contributed by atoms with van der Waals surface area (Å²) in [5, 5.41) is 4.40. The predicted molar refractivity (Wildman–Crippen MR) is 86.6 cm³/mol. The number of aliphatic imine (C=N–C) groups is 1. The van der Waals surface area contributed by atoms with Crippen molar-refractivity contribution in [3.63, 3.8) is 0 Å². The smallest absolute Gasteiger partial charge is 0.195 e. The van der Waals surface area contributed by atoms with Gasteiger partial charge in [-0.1, -0.05) is 0 Å². The minimum absolute atomic E-state index is 0. The summed E-state index contributed by atoms with van der Waals surface area (Å²) < 4.78 is 1.91. The average molecular weight is 365 g/mol. The SMILES string of the molecule is Cc1nn(C)c(C)c1CN=C(N(C)C)N(C)C.I. The van der Waals surface area contributed by atoms with Crippen LogP contribution < -0.4 is 0 Å². The molecule has 1 rings (SSSR count). The molecule has 0 aliphatic carbocycles. The summed E-state index contributed by atoms with van der Waals surface area (Å²) in [5.41, 5.74) is 3.46. The molecule has 0 aromatic carbocycles. The van der Waals surface area contributed by atoms with Gasteiger partial charge in [0.15, 0.2) is 5.96 Å². The molecule has 0 bridgehead atoms. The van der Waals surface area contributed by atoms with E-state index in [0.29, 0.717) is 6.54 Å². The lowest BCUT2D eigenvalue weighted by Gasteiger charge is -2.22. The highest BCUT2D eigenvalue weighted by atomic mass is 127. The van der Waals surface area contributed by atoms with Gasteiger partial charge in [0, 0.05) is 46.5 Å². The molecule has 1 heterocycles. The van der Waals surface area contributed by atoms with Gasteiger partial charge in [-0.2, -0.15) is 5.10 Å². The van der Waals surface area contributed by atoms with Gasteiger partial charge in [-0.15, -0.1) is 24.0 Å². The van der Waals surface area contributed by atoms with E-state index in [1.807, 2.05) is 56.6 Å². The van der Waals surface area contributed by atoms with Gasteiger partial charge >= 0.3 is 0 Å². The molecule has 6 heteroatoms. The van der Waals surface area contributed by atoms with Crippen molar-refractivity contribution in [2.45, 2.75) is 20.4 Å². The third-order valence-electron chi connectivity index (χ3n) is 2.84. The summed E-state index contributed by atoms with van der Waals surface area (Å²) in [5.74, 6) is 0.965. The summed E-state index contributed by atoms with van der Waals surface area (Å²) >= 11 is 0. The van der Waals surface area contributed by atoms with Gasteiger partial charge in [-0.25, -0.2) is 4.99 Å². The number of aryl methyl sites for hydroxylation is 2. The van der Waals surface area contributed by atoms with Crippen LogP contribution in [0.15, 0.2) is 4.99 Å². The van der Waals surface area contributed by atoms with Crippen LogP contribution in [0.1, 0.15) is 17.0 Å². The Kier molecular flexibility index (Phi) is 6.66. The van der Waals surface area contributed by atoms with Crippen molar-refractivity contribution in [2.75, 3.05) is 28.2 Å². The first kappa shape index (κ1) is 17.2. The largest absolute Gasteiger partial charge is 0.349 e. The highest BCUT2D eigenvalue weighted by Crippen LogP contribution is 2.13. The van der Waals surface area contributed by atoms with Gasteiger partial charge < -0.3 is 9.80 Å². The number of aromatic nitrogens is 2. The van der Waals surface area contributed by atoms with Crippen LogP contribution in [0.2, 0.25) is 0 Å². The van der Waals surface area contributed by atoms with E-state index in [9.17, 15) is 0 Å². The van der Waals surface area contributed by atoms with Crippen LogP contribution in [0.5, 0.6) is 0 Å². The maximum absolute atomic E-state index is 4.64. The van der Waals surface area contributed by atoms with Crippen molar-refractivity contribution in [2.24, 2.45) is 12.0 Å². The maximum Gasteiger partial charge on any atom is 0.195 e. The number of hydrogen-bond donors (Lipinski definition) is 0. The van der Waals surface area contributed by atoms with Gasteiger partial charge in [0.1, 0.15) is 0 Å². The normalized spacial score (nSPS) is 9.72. The van der Waals surface area contributed by atoms with Gasteiger partial charge in [-0.05, 0) is 13.8 Å². The highest BCUT2D eigenvalue weighted by Gasteiger charge is 2.10. The molecule has 0 radical (unpaired) electrons. The molecule has 18 heavy (non-hydrogen) atoms. The lowest BCUT2D eigenvalue weighted by molar-refractivity contribution is 0.479. The summed E-state index contributed by atoms with van der Waals surface area (Å²) in [7, 11) is 9.97.